The zero-order chi connectivity index (χ0) is 16.7. The molecule has 0 aromatic heterocycles. The van der Waals surface area contributed by atoms with Gasteiger partial charge in [-0.3, -0.25) is 4.79 Å². The molecule has 0 N–H and O–H groups in total. The van der Waals surface area contributed by atoms with E-state index in [-0.39, 0.29) is 21.2 Å². The fourth-order valence-electron chi connectivity index (χ4n) is 1.95. The molecule has 0 unspecified atom stereocenters. The highest BCUT2D eigenvalue weighted by atomic mass is 35.5. The van der Waals surface area contributed by atoms with Crippen molar-refractivity contribution in [2.45, 2.75) is 29.0 Å². The monoisotopic (exact) mass is 379 g/mol. The van der Waals surface area contributed by atoms with Crippen LogP contribution < -0.4 is 0 Å². The van der Waals surface area contributed by atoms with Gasteiger partial charge in [0.2, 0.25) is 0 Å². The van der Waals surface area contributed by atoms with Crippen molar-refractivity contribution < 1.29 is 13.2 Å². The summed E-state index contributed by atoms with van der Waals surface area (Å²) in [5, 5.41) is -1.26. The minimum Gasteiger partial charge on any atom is -0.291 e. The van der Waals surface area contributed by atoms with E-state index in [1.165, 1.54) is 26.0 Å². The Labute approximate surface area is 143 Å². The number of carbonyl (C=O) groups is 1. The van der Waals surface area contributed by atoms with E-state index in [0.29, 0.717) is 0 Å². The summed E-state index contributed by atoms with van der Waals surface area (Å²) in [7, 11) is -3.98. The van der Waals surface area contributed by atoms with Gasteiger partial charge in [0.25, 0.3) is 10.0 Å². The van der Waals surface area contributed by atoms with Crippen molar-refractivity contribution in [3.63, 3.8) is 0 Å². The molecule has 0 fully saturated rings. The van der Waals surface area contributed by atoms with E-state index in [1.54, 1.807) is 18.2 Å². The van der Waals surface area contributed by atoms with Crippen molar-refractivity contribution in [2.75, 3.05) is 0 Å². The molecule has 1 aliphatic carbocycles. The van der Waals surface area contributed by atoms with Crippen LogP contribution in [-0.4, -0.2) is 30.2 Å². The Bertz CT molecular complexity index is 783. The SMILES string of the molecule is CC1=C(Cl)C(=O)[C@](C)(Cl)[C@@H](Cl)C1=NS(=O)(=O)c1ccccc1. The average molecular weight is 381 g/mol. The minimum atomic E-state index is -3.98. The number of alkyl halides is 2. The minimum absolute atomic E-state index is 0.0171. The van der Waals surface area contributed by atoms with Crippen LogP contribution in [0.5, 0.6) is 0 Å². The van der Waals surface area contributed by atoms with Gasteiger partial charge in [0, 0.05) is 0 Å². The maximum absolute atomic E-state index is 12.4. The van der Waals surface area contributed by atoms with Gasteiger partial charge in [0.1, 0.15) is 10.3 Å². The summed E-state index contributed by atoms with van der Waals surface area (Å²) in [4.78, 5) is 10.5. The number of halogens is 3. The molecule has 1 aromatic rings. The second-order valence-corrected chi connectivity index (χ2v) is 8.17. The zero-order valence-corrected chi connectivity index (χ0v) is 14.8. The number of rotatable bonds is 2. The molecule has 0 radical (unpaired) electrons. The summed E-state index contributed by atoms with van der Waals surface area (Å²) in [5.74, 6) is -0.551. The third-order valence-corrected chi connectivity index (χ3v) is 6.24. The van der Waals surface area contributed by atoms with Crippen molar-refractivity contribution in [2.24, 2.45) is 4.40 Å². The Balaban J connectivity index is 2.63. The van der Waals surface area contributed by atoms with Crippen LogP contribution in [0.15, 0.2) is 50.2 Å². The maximum atomic E-state index is 12.4. The molecule has 2 atom stereocenters. The molecule has 0 saturated heterocycles. The van der Waals surface area contributed by atoms with E-state index in [4.69, 9.17) is 34.8 Å². The number of allylic oxidation sites excluding steroid dienone is 2. The Morgan fingerprint density at radius 1 is 1.23 bits per heavy atom. The summed E-state index contributed by atoms with van der Waals surface area (Å²) in [6.07, 6.45) is 0. The highest BCUT2D eigenvalue weighted by Crippen LogP contribution is 2.38. The second-order valence-electron chi connectivity index (χ2n) is 4.97. The van der Waals surface area contributed by atoms with Crippen LogP contribution in [0, 0.1) is 0 Å². The number of benzene rings is 1. The van der Waals surface area contributed by atoms with E-state index < -0.39 is 26.1 Å². The Kier molecular flexibility index (Phi) is 4.74. The lowest BCUT2D eigenvalue weighted by Gasteiger charge is -2.32. The number of hydrogen-bond donors (Lipinski definition) is 0. The zero-order valence-electron chi connectivity index (χ0n) is 11.7. The number of nitrogens with zero attached hydrogens (tertiary/aromatic N) is 1. The largest absolute Gasteiger partial charge is 0.291 e. The quantitative estimate of drug-likeness (QED) is 0.737. The smallest absolute Gasteiger partial charge is 0.282 e. The topological polar surface area (TPSA) is 63.6 Å². The van der Waals surface area contributed by atoms with Crippen molar-refractivity contribution >= 4 is 56.3 Å². The van der Waals surface area contributed by atoms with Gasteiger partial charge in [-0.2, -0.15) is 12.8 Å². The maximum Gasteiger partial charge on any atom is 0.282 e. The molecule has 0 aliphatic heterocycles. The number of sulfonamides is 1. The molecule has 1 aliphatic rings. The van der Waals surface area contributed by atoms with Crippen LogP contribution in [0.1, 0.15) is 13.8 Å². The average Bonchev–Trinajstić information content (AvgIpc) is 2.49. The first-order valence-electron chi connectivity index (χ1n) is 6.23. The van der Waals surface area contributed by atoms with E-state index in [2.05, 4.69) is 4.40 Å². The van der Waals surface area contributed by atoms with Crippen LogP contribution >= 0.6 is 34.8 Å². The van der Waals surface area contributed by atoms with Crippen LogP contribution in [0.2, 0.25) is 0 Å². The summed E-state index contributed by atoms with van der Waals surface area (Å²) in [5.41, 5.74) is 0.192. The third-order valence-electron chi connectivity index (χ3n) is 3.33. The van der Waals surface area contributed by atoms with Gasteiger partial charge < -0.3 is 0 Å². The van der Waals surface area contributed by atoms with Crippen LogP contribution in [0.25, 0.3) is 0 Å². The Morgan fingerprint density at radius 3 is 2.32 bits per heavy atom. The van der Waals surface area contributed by atoms with Gasteiger partial charge >= 0.3 is 0 Å². The van der Waals surface area contributed by atoms with Crippen molar-refractivity contribution in [1.29, 1.82) is 0 Å². The molecule has 0 bridgehead atoms. The molecule has 4 nitrogen and oxygen atoms in total. The number of ketones is 1. The summed E-state index contributed by atoms with van der Waals surface area (Å²) < 4.78 is 28.5. The van der Waals surface area contributed by atoms with E-state index in [1.807, 2.05) is 0 Å². The lowest BCUT2D eigenvalue weighted by Crippen LogP contribution is -2.48. The molecule has 0 saturated carbocycles. The van der Waals surface area contributed by atoms with Gasteiger partial charge in [0.15, 0.2) is 5.78 Å². The molecule has 0 amide bonds. The van der Waals surface area contributed by atoms with Crippen LogP contribution in [-0.2, 0) is 14.8 Å². The molecule has 1 aromatic carbocycles. The molecule has 8 heteroatoms. The molecule has 0 heterocycles. The van der Waals surface area contributed by atoms with E-state index in [0.717, 1.165) is 0 Å². The van der Waals surface area contributed by atoms with Crippen LogP contribution in [0.4, 0.5) is 0 Å². The highest BCUT2D eigenvalue weighted by molar-refractivity contribution is 7.90. The highest BCUT2D eigenvalue weighted by Gasteiger charge is 2.48. The van der Waals surface area contributed by atoms with Crippen molar-refractivity contribution in [1.82, 2.24) is 0 Å². The fourth-order valence-corrected chi connectivity index (χ4v) is 3.97. The standard InChI is InChI=1S/C14H12Cl3NO3S/c1-8-10(15)13(19)14(2,17)12(16)11(8)18-22(20,21)9-6-4-3-5-7-9/h3-7,12H,1-2H3/t12-,14+/m0/s1. The lowest BCUT2D eigenvalue weighted by atomic mass is 9.87. The number of carbonyl (C=O) groups excluding carboxylic acids is 1. The second kappa shape index (κ2) is 5.96. The predicted molar refractivity (Wildman–Crippen MR) is 88.5 cm³/mol. The first-order chi connectivity index (χ1) is 10.1. The van der Waals surface area contributed by atoms with Gasteiger partial charge in [-0.15, -0.1) is 23.2 Å². The normalized spacial score (nSPS) is 28.3. The summed E-state index contributed by atoms with van der Waals surface area (Å²) in [6, 6.07) is 7.68. The van der Waals surface area contributed by atoms with Gasteiger partial charge in [-0.05, 0) is 31.6 Å². The first-order valence-corrected chi connectivity index (χ1v) is 8.86. The molecular formula is C14H12Cl3NO3S. The van der Waals surface area contributed by atoms with Gasteiger partial charge in [0.05, 0.1) is 15.6 Å². The van der Waals surface area contributed by atoms with E-state index in [9.17, 15) is 13.2 Å². The fraction of sp³-hybridized carbons (Fsp3) is 0.286. The Hall–Kier alpha value is -0.880. The molecule has 22 heavy (non-hydrogen) atoms. The predicted octanol–water partition coefficient (Wildman–Crippen LogP) is 3.52. The van der Waals surface area contributed by atoms with Crippen molar-refractivity contribution in [3.8, 4) is 0 Å². The first kappa shape index (κ1) is 17.5. The van der Waals surface area contributed by atoms with Gasteiger partial charge in [-0.1, -0.05) is 29.8 Å². The number of Topliss-reactive ketones (excluding diaryl/α,β-unsaturated/α-hetero) is 1. The number of hydrogen-bond acceptors (Lipinski definition) is 3. The van der Waals surface area contributed by atoms with E-state index >= 15 is 0 Å². The summed E-state index contributed by atoms with van der Waals surface area (Å²) in [6.45, 7) is 2.87. The van der Waals surface area contributed by atoms with Crippen molar-refractivity contribution in [3.05, 3.63) is 40.9 Å². The summed E-state index contributed by atoms with van der Waals surface area (Å²) >= 11 is 18.3. The molecule has 2 rings (SSSR count). The van der Waals surface area contributed by atoms with Gasteiger partial charge in [-0.25, -0.2) is 0 Å². The third kappa shape index (κ3) is 2.95. The molecular weight excluding hydrogens is 369 g/mol. The molecule has 118 valence electrons. The Morgan fingerprint density at radius 2 is 1.77 bits per heavy atom. The van der Waals surface area contributed by atoms with Crippen LogP contribution in [0.3, 0.4) is 0 Å². The molecule has 0 spiro atoms. The lowest BCUT2D eigenvalue weighted by molar-refractivity contribution is -0.117.